The number of hydrogen-bond acceptors (Lipinski definition) is 4. The number of ketones is 1. The van der Waals surface area contributed by atoms with Crippen LogP contribution in [-0.4, -0.2) is 35.5 Å². The van der Waals surface area contributed by atoms with Gasteiger partial charge < -0.3 is 15.2 Å². The second kappa shape index (κ2) is 16.0. The average Bonchev–Trinajstić information content (AvgIpc) is 2.99. The largest absolute Gasteiger partial charge is 0.493 e. The van der Waals surface area contributed by atoms with Crippen LogP contribution in [-0.2, 0) is 16.0 Å². The molecule has 0 bridgehead atoms. The first-order valence-electron chi connectivity index (χ1n) is 15.7. The number of aliphatic hydroxyl groups excluding tert-OH is 1. The monoisotopic (exact) mass is 547 g/mol. The van der Waals surface area contributed by atoms with Gasteiger partial charge in [-0.1, -0.05) is 99.4 Å². The van der Waals surface area contributed by atoms with Gasteiger partial charge in [-0.15, -0.1) is 0 Å². The van der Waals surface area contributed by atoms with Crippen molar-refractivity contribution in [2.75, 3.05) is 6.61 Å². The highest BCUT2D eigenvalue weighted by Gasteiger charge is 2.33. The van der Waals surface area contributed by atoms with Crippen molar-refractivity contribution in [1.82, 2.24) is 5.32 Å². The minimum absolute atomic E-state index is 0.125. The van der Waals surface area contributed by atoms with Gasteiger partial charge in [0.05, 0.1) is 25.2 Å². The van der Waals surface area contributed by atoms with Gasteiger partial charge in [0.25, 0.3) is 0 Å². The quantitative estimate of drug-likeness (QED) is 0.268. The molecule has 0 spiro atoms. The first kappa shape index (κ1) is 30.3. The molecule has 4 rings (SSSR count). The van der Waals surface area contributed by atoms with Crippen molar-refractivity contribution in [3.8, 4) is 5.75 Å². The SMILES string of the molecule is Cc1ccc(OCCC(=O)N[C@@H](Cc2ccccc2)[C@@H](O)C[C@@H](CC(=O)C2CCCCC2)C2CCCCC2)cc1. The lowest BCUT2D eigenvalue weighted by atomic mass is 9.72. The second-order valence-corrected chi connectivity index (χ2v) is 12.2. The minimum Gasteiger partial charge on any atom is -0.493 e. The van der Waals surface area contributed by atoms with Crippen LogP contribution in [0.4, 0.5) is 0 Å². The Bertz CT molecular complexity index is 1030. The van der Waals surface area contributed by atoms with Crippen molar-refractivity contribution in [3.63, 3.8) is 0 Å². The first-order valence-corrected chi connectivity index (χ1v) is 15.7. The summed E-state index contributed by atoms with van der Waals surface area (Å²) in [5.41, 5.74) is 2.24. The summed E-state index contributed by atoms with van der Waals surface area (Å²) in [5, 5.41) is 14.7. The normalized spacial score (nSPS) is 18.9. The van der Waals surface area contributed by atoms with E-state index in [1.54, 1.807) is 0 Å². The van der Waals surface area contributed by atoms with E-state index >= 15 is 0 Å². The summed E-state index contributed by atoms with van der Waals surface area (Å²) in [7, 11) is 0. The molecule has 1 amide bonds. The van der Waals surface area contributed by atoms with Crippen LogP contribution in [0, 0.1) is 24.7 Å². The second-order valence-electron chi connectivity index (χ2n) is 12.2. The van der Waals surface area contributed by atoms with E-state index in [1.807, 2.05) is 61.5 Å². The predicted molar refractivity (Wildman–Crippen MR) is 160 cm³/mol. The molecule has 2 saturated carbocycles. The molecule has 2 aliphatic carbocycles. The van der Waals surface area contributed by atoms with Crippen molar-refractivity contribution in [2.45, 2.75) is 109 Å². The number of amides is 1. The van der Waals surface area contributed by atoms with Gasteiger partial charge in [0.1, 0.15) is 11.5 Å². The van der Waals surface area contributed by atoms with E-state index in [9.17, 15) is 14.7 Å². The summed E-state index contributed by atoms with van der Waals surface area (Å²) in [5.74, 6) is 1.87. The number of Topliss-reactive ketones (excluding diaryl/α,β-unsaturated/α-hetero) is 1. The van der Waals surface area contributed by atoms with Crippen LogP contribution >= 0.6 is 0 Å². The van der Waals surface area contributed by atoms with Crippen LogP contribution in [0.3, 0.4) is 0 Å². The zero-order valence-corrected chi connectivity index (χ0v) is 24.4. The lowest BCUT2D eigenvalue weighted by molar-refractivity contribution is -0.126. The third-order valence-corrected chi connectivity index (χ3v) is 9.11. The van der Waals surface area contributed by atoms with Gasteiger partial charge in [-0.05, 0) is 62.1 Å². The Morgan fingerprint density at radius 1 is 0.900 bits per heavy atom. The summed E-state index contributed by atoms with van der Waals surface area (Å²) in [6.07, 6.45) is 12.8. The standard InChI is InChI=1S/C35H49NO4/c1-26-17-19-31(20-18-26)40-22-21-35(39)36-32(23-27-11-5-2-6-12-27)34(38)25-30(28-13-7-3-8-14-28)24-33(37)29-15-9-4-10-16-29/h2,5-6,11-12,17-20,28-30,32,34,38H,3-4,7-10,13-16,21-25H2,1H3,(H,36,39)/t30-,32+,34+/m1/s1. The Balaban J connectivity index is 1.40. The van der Waals surface area contributed by atoms with Gasteiger partial charge in [0.2, 0.25) is 5.91 Å². The third kappa shape index (κ3) is 9.76. The minimum atomic E-state index is -0.715. The van der Waals surface area contributed by atoms with Crippen LogP contribution in [0.15, 0.2) is 54.6 Å². The van der Waals surface area contributed by atoms with Gasteiger partial charge in [-0.2, -0.15) is 0 Å². The molecule has 0 aromatic heterocycles. The Labute approximate surface area is 241 Å². The van der Waals surface area contributed by atoms with Gasteiger partial charge in [0, 0.05) is 12.3 Å². The van der Waals surface area contributed by atoms with Crippen molar-refractivity contribution in [3.05, 3.63) is 65.7 Å². The van der Waals surface area contributed by atoms with Gasteiger partial charge in [0.15, 0.2) is 0 Å². The van der Waals surface area contributed by atoms with Gasteiger partial charge in [-0.25, -0.2) is 0 Å². The molecule has 2 aliphatic rings. The third-order valence-electron chi connectivity index (χ3n) is 9.11. The van der Waals surface area contributed by atoms with E-state index in [1.165, 1.54) is 25.7 Å². The van der Waals surface area contributed by atoms with Crippen LogP contribution in [0.2, 0.25) is 0 Å². The molecule has 0 unspecified atom stereocenters. The number of carbonyl (C=O) groups is 2. The molecule has 40 heavy (non-hydrogen) atoms. The van der Waals surface area contributed by atoms with Crippen molar-refractivity contribution >= 4 is 11.7 Å². The topological polar surface area (TPSA) is 75.6 Å². The van der Waals surface area contributed by atoms with E-state index in [0.29, 0.717) is 31.0 Å². The Morgan fingerprint density at radius 2 is 1.55 bits per heavy atom. The number of hydrogen-bond donors (Lipinski definition) is 2. The van der Waals surface area contributed by atoms with E-state index in [2.05, 4.69) is 5.32 Å². The van der Waals surface area contributed by atoms with Crippen LogP contribution in [0.25, 0.3) is 0 Å². The smallest absolute Gasteiger partial charge is 0.223 e. The molecule has 0 aliphatic heterocycles. The van der Waals surface area contributed by atoms with Crippen molar-refractivity contribution in [1.29, 1.82) is 0 Å². The van der Waals surface area contributed by atoms with Crippen LogP contribution in [0.5, 0.6) is 5.75 Å². The summed E-state index contributed by atoms with van der Waals surface area (Å²) >= 11 is 0. The van der Waals surface area contributed by atoms with Crippen LogP contribution in [0.1, 0.15) is 94.6 Å². The molecule has 5 nitrogen and oxygen atoms in total. The molecule has 0 heterocycles. The Hall–Kier alpha value is -2.66. The highest BCUT2D eigenvalue weighted by molar-refractivity contribution is 5.81. The maximum atomic E-state index is 13.4. The summed E-state index contributed by atoms with van der Waals surface area (Å²) in [4.78, 5) is 26.4. The number of nitrogens with one attached hydrogen (secondary N) is 1. The van der Waals surface area contributed by atoms with E-state index < -0.39 is 12.1 Å². The number of aliphatic hydroxyl groups is 1. The molecule has 2 N–H and O–H groups in total. The summed E-state index contributed by atoms with van der Waals surface area (Å²) in [6, 6.07) is 17.4. The lowest BCUT2D eigenvalue weighted by Gasteiger charge is -2.34. The molecule has 5 heteroatoms. The molecule has 0 radical (unpaired) electrons. The van der Waals surface area contributed by atoms with Gasteiger partial charge >= 0.3 is 0 Å². The highest BCUT2D eigenvalue weighted by atomic mass is 16.5. The molecule has 3 atom stereocenters. The predicted octanol–water partition coefficient (Wildman–Crippen LogP) is 6.98. The molecular weight excluding hydrogens is 498 g/mol. The maximum absolute atomic E-state index is 13.4. The summed E-state index contributed by atoms with van der Waals surface area (Å²) in [6.45, 7) is 2.31. The van der Waals surface area contributed by atoms with Crippen LogP contribution < -0.4 is 10.1 Å². The molecule has 2 aromatic carbocycles. The fourth-order valence-corrected chi connectivity index (χ4v) is 6.70. The zero-order chi connectivity index (χ0) is 28.2. The number of ether oxygens (including phenoxy) is 1. The van der Waals surface area contributed by atoms with Crippen molar-refractivity contribution < 1.29 is 19.4 Å². The average molecular weight is 548 g/mol. The number of carbonyl (C=O) groups excluding carboxylic acids is 2. The first-order chi connectivity index (χ1) is 19.5. The number of rotatable bonds is 14. The maximum Gasteiger partial charge on any atom is 0.223 e. The summed E-state index contributed by atoms with van der Waals surface area (Å²) < 4.78 is 5.78. The fourth-order valence-electron chi connectivity index (χ4n) is 6.70. The van der Waals surface area contributed by atoms with Crippen molar-refractivity contribution in [2.24, 2.45) is 17.8 Å². The zero-order valence-electron chi connectivity index (χ0n) is 24.4. The molecule has 218 valence electrons. The number of benzene rings is 2. The Kier molecular flexibility index (Phi) is 12.1. The molecule has 2 aromatic rings. The van der Waals surface area contributed by atoms with E-state index in [4.69, 9.17) is 4.74 Å². The Morgan fingerprint density at radius 3 is 2.23 bits per heavy atom. The lowest BCUT2D eigenvalue weighted by Crippen LogP contribution is -2.46. The highest BCUT2D eigenvalue weighted by Crippen LogP contribution is 2.37. The molecule has 0 saturated heterocycles. The molecular formula is C35H49NO4. The van der Waals surface area contributed by atoms with E-state index in [-0.39, 0.29) is 30.8 Å². The fraction of sp³-hybridized carbons (Fsp3) is 0.600. The van der Waals surface area contributed by atoms with E-state index in [0.717, 1.165) is 55.4 Å². The van der Waals surface area contributed by atoms with Gasteiger partial charge in [-0.3, -0.25) is 9.59 Å². The molecule has 2 fully saturated rings. The number of aryl methyl sites for hydroxylation is 1.